The first-order valence-corrected chi connectivity index (χ1v) is 9.02. The van der Waals surface area contributed by atoms with Crippen LogP contribution in [0.25, 0.3) is 0 Å². The molecule has 3 rings (SSSR count). The van der Waals surface area contributed by atoms with Gasteiger partial charge in [0.15, 0.2) is 0 Å². The fourth-order valence-corrected chi connectivity index (χ4v) is 4.32. The van der Waals surface area contributed by atoms with Gasteiger partial charge in [-0.15, -0.1) is 0 Å². The van der Waals surface area contributed by atoms with Crippen LogP contribution in [0.1, 0.15) is 50.2 Å². The van der Waals surface area contributed by atoms with Gasteiger partial charge in [0.1, 0.15) is 0 Å². The molecule has 3 unspecified atom stereocenters. The average Bonchev–Trinajstić information content (AvgIpc) is 2.46. The van der Waals surface area contributed by atoms with Crippen LogP contribution in [-0.2, 0) is 12.8 Å². The zero-order valence-electron chi connectivity index (χ0n) is 12.5. The summed E-state index contributed by atoms with van der Waals surface area (Å²) < 4.78 is 1.22. The molecule has 110 valence electrons. The van der Waals surface area contributed by atoms with Gasteiger partial charge in [0.25, 0.3) is 0 Å². The first-order valence-electron chi connectivity index (χ1n) is 8.23. The Balaban J connectivity index is 1.54. The van der Waals surface area contributed by atoms with E-state index in [2.05, 4.69) is 46.4 Å². The third kappa shape index (κ3) is 3.46. The van der Waals surface area contributed by atoms with Gasteiger partial charge < -0.3 is 5.32 Å². The Labute approximate surface area is 131 Å². The molecule has 1 N–H and O–H groups in total. The fraction of sp³-hybridized carbons (Fsp3) is 0.667. The molecule has 2 aliphatic carbocycles. The molecule has 1 fully saturated rings. The molecule has 2 aliphatic rings. The van der Waals surface area contributed by atoms with Crippen molar-refractivity contribution in [3.8, 4) is 0 Å². The summed E-state index contributed by atoms with van der Waals surface area (Å²) in [7, 11) is 0. The Hall–Kier alpha value is -0.340. The van der Waals surface area contributed by atoms with Gasteiger partial charge in [0, 0.05) is 10.5 Å². The molecule has 1 aromatic rings. The second-order valence-corrected chi connectivity index (χ2v) is 7.70. The molecule has 0 saturated heterocycles. The van der Waals surface area contributed by atoms with Crippen LogP contribution >= 0.6 is 15.9 Å². The van der Waals surface area contributed by atoms with Crippen molar-refractivity contribution in [2.24, 2.45) is 11.8 Å². The van der Waals surface area contributed by atoms with Crippen molar-refractivity contribution < 1.29 is 0 Å². The summed E-state index contributed by atoms with van der Waals surface area (Å²) in [6.45, 7) is 3.68. The lowest BCUT2D eigenvalue weighted by Gasteiger charge is -2.32. The molecule has 1 aromatic carbocycles. The van der Waals surface area contributed by atoms with E-state index >= 15 is 0 Å². The summed E-state index contributed by atoms with van der Waals surface area (Å²) in [6, 6.07) is 7.48. The van der Waals surface area contributed by atoms with E-state index in [9.17, 15) is 0 Å². The lowest BCUT2D eigenvalue weighted by Crippen LogP contribution is -2.39. The largest absolute Gasteiger partial charge is 0.313 e. The number of aryl methyl sites for hydroxylation is 1. The third-order valence-electron chi connectivity index (χ3n) is 5.35. The summed E-state index contributed by atoms with van der Waals surface area (Å²) in [4.78, 5) is 0. The van der Waals surface area contributed by atoms with Crippen molar-refractivity contribution in [2.45, 2.75) is 57.9 Å². The molecule has 0 spiro atoms. The van der Waals surface area contributed by atoms with Gasteiger partial charge in [-0.05, 0) is 67.3 Å². The third-order valence-corrected chi connectivity index (χ3v) is 5.85. The van der Waals surface area contributed by atoms with Crippen LogP contribution in [0.4, 0.5) is 0 Å². The summed E-state index contributed by atoms with van der Waals surface area (Å²) in [5.41, 5.74) is 3.09. The SMILES string of the molecule is CC1CCCCC1CNC1CCc2cc(Br)ccc2C1. The molecule has 1 nitrogen and oxygen atoms in total. The molecule has 0 radical (unpaired) electrons. The maximum atomic E-state index is 3.87. The van der Waals surface area contributed by atoms with Gasteiger partial charge in [-0.1, -0.05) is 48.2 Å². The summed E-state index contributed by atoms with van der Waals surface area (Å²) in [5, 5.41) is 3.87. The smallest absolute Gasteiger partial charge is 0.0178 e. The van der Waals surface area contributed by atoms with Crippen molar-refractivity contribution in [1.29, 1.82) is 0 Å². The molecule has 1 saturated carbocycles. The fourth-order valence-electron chi connectivity index (χ4n) is 3.91. The van der Waals surface area contributed by atoms with E-state index in [4.69, 9.17) is 0 Å². The molecule has 3 atom stereocenters. The second kappa shape index (κ2) is 6.62. The topological polar surface area (TPSA) is 12.0 Å². The monoisotopic (exact) mass is 335 g/mol. The van der Waals surface area contributed by atoms with Crippen LogP contribution in [0, 0.1) is 11.8 Å². The highest BCUT2D eigenvalue weighted by Gasteiger charge is 2.23. The Morgan fingerprint density at radius 3 is 2.85 bits per heavy atom. The Bertz CT molecular complexity index is 457. The van der Waals surface area contributed by atoms with Gasteiger partial charge in [-0.3, -0.25) is 0 Å². The molecule has 2 heteroatoms. The highest BCUT2D eigenvalue weighted by molar-refractivity contribution is 9.10. The number of nitrogens with one attached hydrogen (secondary N) is 1. The number of halogens is 1. The number of fused-ring (bicyclic) bond motifs is 1. The molecule has 0 aromatic heterocycles. The van der Waals surface area contributed by atoms with Crippen molar-refractivity contribution in [3.05, 3.63) is 33.8 Å². The van der Waals surface area contributed by atoms with Gasteiger partial charge in [-0.25, -0.2) is 0 Å². The molecular weight excluding hydrogens is 310 g/mol. The van der Waals surface area contributed by atoms with Gasteiger partial charge >= 0.3 is 0 Å². The summed E-state index contributed by atoms with van der Waals surface area (Å²) >= 11 is 3.58. The first kappa shape index (κ1) is 14.6. The van der Waals surface area contributed by atoms with Crippen molar-refractivity contribution in [3.63, 3.8) is 0 Å². The minimum Gasteiger partial charge on any atom is -0.313 e. The van der Waals surface area contributed by atoms with Crippen molar-refractivity contribution in [1.82, 2.24) is 5.32 Å². The van der Waals surface area contributed by atoms with Gasteiger partial charge in [0.05, 0.1) is 0 Å². The molecule has 0 aliphatic heterocycles. The number of hydrogen-bond acceptors (Lipinski definition) is 1. The number of hydrogen-bond donors (Lipinski definition) is 1. The van der Waals surface area contributed by atoms with E-state index in [0.717, 1.165) is 11.8 Å². The Morgan fingerprint density at radius 1 is 1.15 bits per heavy atom. The van der Waals surface area contributed by atoms with E-state index in [-0.39, 0.29) is 0 Å². The number of rotatable bonds is 3. The Morgan fingerprint density at radius 2 is 2.00 bits per heavy atom. The van der Waals surface area contributed by atoms with Crippen LogP contribution in [0.2, 0.25) is 0 Å². The van der Waals surface area contributed by atoms with E-state index in [0.29, 0.717) is 6.04 Å². The summed E-state index contributed by atoms with van der Waals surface area (Å²) in [6.07, 6.45) is 9.50. The van der Waals surface area contributed by atoms with Gasteiger partial charge in [0.2, 0.25) is 0 Å². The minimum atomic E-state index is 0.692. The van der Waals surface area contributed by atoms with Crippen molar-refractivity contribution in [2.75, 3.05) is 6.54 Å². The minimum absolute atomic E-state index is 0.692. The zero-order chi connectivity index (χ0) is 13.9. The molecule has 20 heavy (non-hydrogen) atoms. The second-order valence-electron chi connectivity index (χ2n) is 6.78. The quantitative estimate of drug-likeness (QED) is 0.842. The average molecular weight is 336 g/mol. The van der Waals surface area contributed by atoms with Crippen LogP contribution in [-0.4, -0.2) is 12.6 Å². The lowest BCUT2D eigenvalue weighted by molar-refractivity contribution is 0.237. The van der Waals surface area contributed by atoms with Crippen LogP contribution in [0.15, 0.2) is 22.7 Å². The molecule has 0 amide bonds. The lowest BCUT2D eigenvalue weighted by atomic mass is 9.80. The molecular formula is C18H26BrN. The highest BCUT2D eigenvalue weighted by atomic mass is 79.9. The maximum absolute atomic E-state index is 3.87. The highest BCUT2D eigenvalue weighted by Crippen LogP contribution is 2.30. The van der Waals surface area contributed by atoms with E-state index in [1.54, 1.807) is 11.1 Å². The predicted molar refractivity (Wildman–Crippen MR) is 89.1 cm³/mol. The predicted octanol–water partition coefficient (Wildman–Crippen LogP) is 4.72. The first-order chi connectivity index (χ1) is 9.72. The van der Waals surface area contributed by atoms with E-state index < -0.39 is 0 Å². The maximum Gasteiger partial charge on any atom is 0.0178 e. The summed E-state index contributed by atoms with van der Waals surface area (Å²) in [5.74, 6) is 1.83. The van der Waals surface area contributed by atoms with Gasteiger partial charge in [-0.2, -0.15) is 0 Å². The van der Waals surface area contributed by atoms with E-state index in [1.807, 2.05) is 0 Å². The van der Waals surface area contributed by atoms with Crippen LogP contribution < -0.4 is 5.32 Å². The Kier molecular flexibility index (Phi) is 4.83. The molecule has 0 bridgehead atoms. The van der Waals surface area contributed by atoms with E-state index in [1.165, 1.54) is 56.0 Å². The zero-order valence-corrected chi connectivity index (χ0v) is 14.1. The van der Waals surface area contributed by atoms with Crippen LogP contribution in [0.3, 0.4) is 0 Å². The standard InChI is InChI=1S/C18H26BrN/c1-13-4-2-3-5-16(13)12-20-18-9-7-14-10-17(19)8-6-15(14)11-18/h6,8,10,13,16,18,20H,2-5,7,9,11-12H2,1H3. The van der Waals surface area contributed by atoms with Crippen LogP contribution in [0.5, 0.6) is 0 Å². The normalized spacial score (nSPS) is 30.0. The van der Waals surface area contributed by atoms with Crippen molar-refractivity contribution >= 4 is 15.9 Å². The molecule has 0 heterocycles. The number of benzene rings is 1.